The van der Waals surface area contributed by atoms with Crippen LogP contribution in [-0.2, 0) is 6.42 Å². The fourth-order valence-electron chi connectivity index (χ4n) is 1.79. The van der Waals surface area contributed by atoms with Crippen molar-refractivity contribution in [1.82, 2.24) is 5.32 Å². The molecule has 0 aliphatic rings. The lowest BCUT2D eigenvalue weighted by Gasteiger charge is -2.14. The normalized spacial score (nSPS) is 12.7. The third-order valence-corrected chi connectivity index (χ3v) is 3.37. The molecule has 0 saturated carbocycles. The van der Waals surface area contributed by atoms with Crippen LogP contribution in [0.3, 0.4) is 0 Å². The van der Waals surface area contributed by atoms with Crippen LogP contribution in [0.2, 0.25) is 10.2 Å². The SMILES string of the molecule is CNC(Cc1cccc(F)c1Cl)c1ccc(Cl)o1. The Morgan fingerprint density at radius 3 is 2.67 bits per heavy atom. The van der Waals surface area contributed by atoms with Gasteiger partial charge in [0.25, 0.3) is 0 Å². The van der Waals surface area contributed by atoms with E-state index in [1.165, 1.54) is 6.07 Å². The second-order valence-electron chi connectivity index (χ2n) is 3.90. The molecule has 0 bridgehead atoms. The molecule has 2 rings (SSSR count). The van der Waals surface area contributed by atoms with Crippen molar-refractivity contribution >= 4 is 23.2 Å². The number of halogens is 3. The van der Waals surface area contributed by atoms with Crippen LogP contribution >= 0.6 is 23.2 Å². The third-order valence-electron chi connectivity index (χ3n) is 2.74. The van der Waals surface area contributed by atoms with Crippen molar-refractivity contribution in [2.45, 2.75) is 12.5 Å². The summed E-state index contributed by atoms with van der Waals surface area (Å²) in [6, 6.07) is 8.13. The largest absolute Gasteiger partial charge is 0.448 e. The molecule has 0 spiro atoms. The van der Waals surface area contributed by atoms with Gasteiger partial charge in [-0.15, -0.1) is 0 Å². The van der Waals surface area contributed by atoms with Crippen molar-refractivity contribution in [3.8, 4) is 0 Å². The number of hydrogen-bond acceptors (Lipinski definition) is 2. The minimum absolute atomic E-state index is 0.100. The van der Waals surface area contributed by atoms with Crippen LogP contribution in [0.15, 0.2) is 34.7 Å². The fraction of sp³-hybridized carbons (Fsp3) is 0.231. The number of nitrogens with one attached hydrogen (secondary N) is 1. The Bertz CT molecular complexity index is 542. The molecule has 1 heterocycles. The Morgan fingerprint density at radius 1 is 1.28 bits per heavy atom. The first-order valence-electron chi connectivity index (χ1n) is 5.47. The highest BCUT2D eigenvalue weighted by Gasteiger charge is 2.16. The average molecular weight is 288 g/mol. The third kappa shape index (κ3) is 2.86. The standard InChI is InChI=1S/C13H12Cl2FNO/c1-17-10(11-5-6-12(14)18-11)7-8-3-2-4-9(16)13(8)15/h2-6,10,17H,7H2,1H3. The molecule has 0 saturated heterocycles. The van der Waals surface area contributed by atoms with Gasteiger partial charge in [0.1, 0.15) is 11.6 Å². The lowest BCUT2D eigenvalue weighted by Crippen LogP contribution is -2.18. The number of hydrogen-bond donors (Lipinski definition) is 1. The van der Waals surface area contributed by atoms with Crippen molar-refractivity contribution in [2.24, 2.45) is 0 Å². The van der Waals surface area contributed by atoms with Gasteiger partial charge in [-0.25, -0.2) is 4.39 Å². The zero-order valence-electron chi connectivity index (χ0n) is 9.71. The Morgan fingerprint density at radius 2 is 2.06 bits per heavy atom. The predicted octanol–water partition coefficient (Wildman–Crippen LogP) is 4.23. The maximum Gasteiger partial charge on any atom is 0.193 e. The summed E-state index contributed by atoms with van der Waals surface area (Å²) in [5, 5.41) is 3.57. The van der Waals surface area contributed by atoms with Gasteiger partial charge in [0.15, 0.2) is 5.22 Å². The van der Waals surface area contributed by atoms with Gasteiger partial charge in [0.05, 0.1) is 11.1 Å². The average Bonchev–Trinajstić information content (AvgIpc) is 2.78. The zero-order chi connectivity index (χ0) is 13.1. The summed E-state index contributed by atoms with van der Waals surface area (Å²) in [4.78, 5) is 0. The number of rotatable bonds is 4. The Balaban J connectivity index is 2.23. The first-order valence-corrected chi connectivity index (χ1v) is 6.22. The zero-order valence-corrected chi connectivity index (χ0v) is 11.2. The van der Waals surface area contributed by atoms with Gasteiger partial charge in [-0.05, 0) is 48.8 Å². The van der Waals surface area contributed by atoms with Gasteiger partial charge >= 0.3 is 0 Å². The second kappa shape index (κ2) is 5.74. The molecule has 2 nitrogen and oxygen atoms in total. The summed E-state index contributed by atoms with van der Waals surface area (Å²) in [6.45, 7) is 0. The lowest BCUT2D eigenvalue weighted by atomic mass is 10.0. The summed E-state index contributed by atoms with van der Waals surface area (Å²) in [6.07, 6.45) is 0.525. The van der Waals surface area contributed by atoms with Crippen LogP contribution < -0.4 is 5.32 Å². The summed E-state index contributed by atoms with van der Waals surface area (Å²) < 4.78 is 18.7. The molecular formula is C13H12Cl2FNO. The summed E-state index contributed by atoms with van der Waals surface area (Å²) in [7, 11) is 1.80. The van der Waals surface area contributed by atoms with E-state index in [4.69, 9.17) is 27.6 Å². The molecule has 18 heavy (non-hydrogen) atoms. The van der Waals surface area contributed by atoms with Gasteiger partial charge in [-0.3, -0.25) is 0 Å². The van der Waals surface area contributed by atoms with E-state index in [0.29, 0.717) is 17.4 Å². The molecule has 0 fully saturated rings. The van der Waals surface area contributed by atoms with E-state index in [2.05, 4.69) is 5.32 Å². The van der Waals surface area contributed by atoms with Crippen LogP contribution in [0.1, 0.15) is 17.4 Å². The number of benzene rings is 1. The van der Waals surface area contributed by atoms with E-state index in [1.807, 2.05) is 0 Å². The molecule has 1 aromatic heterocycles. The summed E-state index contributed by atoms with van der Waals surface area (Å²) in [5.74, 6) is 0.282. The molecule has 0 aliphatic heterocycles. The highest BCUT2D eigenvalue weighted by molar-refractivity contribution is 6.31. The maximum atomic E-state index is 13.3. The van der Waals surface area contributed by atoms with Gasteiger partial charge in [0, 0.05) is 0 Å². The minimum Gasteiger partial charge on any atom is -0.448 e. The van der Waals surface area contributed by atoms with E-state index in [1.54, 1.807) is 31.3 Å². The van der Waals surface area contributed by atoms with Gasteiger partial charge in [0.2, 0.25) is 0 Å². The van der Waals surface area contributed by atoms with Crippen LogP contribution in [0.5, 0.6) is 0 Å². The Kier molecular flexibility index (Phi) is 4.27. The molecule has 0 radical (unpaired) electrons. The highest BCUT2D eigenvalue weighted by atomic mass is 35.5. The van der Waals surface area contributed by atoms with Crippen molar-refractivity contribution in [1.29, 1.82) is 0 Å². The van der Waals surface area contributed by atoms with Crippen LogP contribution in [-0.4, -0.2) is 7.05 Å². The Hall–Kier alpha value is -1.03. The first kappa shape index (κ1) is 13.4. The van der Waals surface area contributed by atoms with E-state index in [0.717, 1.165) is 5.56 Å². The monoisotopic (exact) mass is 287 g/mol. The molecule has 2 aromatic rings. The molecule has 1 aromatic carbocycles. The van der Waals surface area contributed by atoms with Crippen molar-refractivity contribution < 1.29 is 8.81 Å². The molecule has 1 atom stereocenters. The van der Waals surface area contributed by atoms with Gasteiger partial charge in [-0.1, -0.05) is 23.7 Å². The minimum atomic E-state index is -0.415. The van der Waals surface area contributed by atoms with Crippen molar-refractivity contribution in [2.75, 3.05) is 7.05 Å². The predicted molar refractivity (Wildman–Crippen MR) is 70.6 cm³/mol. The second-order valence-corrected chi connectivity index (χ2v) is 4.65. The van der Waals surface area contributed by atoms with E-state index in [9.17, 15) is 4.39 Å². The highest BCUT2D eigenvalue weighted by Crippen LogP contribution is 2.27. The fourth-order valence-corrected chi connectivity index (χ4v) is 2.14. The van der Waals surface area contributed by atoms with Crippen molar-refractivity contribution in [3.05, 3.63) is 57.7 Å². The number of furan rings is 1. The molecule has 0 aliphatic carbocycles. The number of likely N-dealkylation sites (N-methyl/N-ethyl adjacent to an activating group) is 1. The molecular weight excluding hydrogens is 276 g/mol. The van der Waals surface area contributed by atoms with Crippen LogP contribution in [0.4, 0.5) is 4.39 Å². The summed E-state index contributed by atoms with van der Waals surface area (Å²) in [5.41, 5.74) is 0.725. The first-order chi connectivity index (χ1) is 8.61. The quantitative estimate of drug-likeness (QED) is 0.910. The van der Waals surface area contributed by atoms with E-state index >= 15 is 0 Å². The maximum absolute atomic E-state index is 13.3. The smallest absolute Gasteiger partial charge is 0.193 e. The molecule has 96 valence electrons. The topological polar surface area (TPSA) is 25.2 Å². The molecule has 5 heteroatoms. The van der Waals surface area contributed by atoms with Crippen LogP contribution in [0, 0.1) is 5.82 Å². The molecule has 0 amide bonds. The van der Waals surface area contributed by atoms with Crippen molar-refractivity contribution in [3.63, 3.8) is 0 Å². The van der Waals surface area contributed by atoms with E-state index < -0.39 is 5.82 Å². The van der Waals surface area contributed by atoms with Gasteiger partial charge in [-0.2, -0.15) is 0 Å². The van der Waals surface area contributed by atoms with E-state index in [-0.39, 0.29) is 11.1 Å². The Labute approximate surface area is 115 Å². The lowest BCUT2D eigenvalue weighted by molar-refractivity contribution is 0.430. The molecule has 1 N–H and O–H groups in total. The summed E-state index contributed by atoms with van der Waals surface area (Å²) >= 11 is 11.7. The van der Waals surface area contributed by atoms with Gasteiger partial charge < -0.3 is 9.73 Å². The molecule has 1 unspecified atom stereocenters. The van der Waals surface area contributed by atoms with Crippen LogP contribution in [0.25, 0.3) is 0 Å².